The average molecular weight is 377 g/mol. The van der Waals surface area contributed by atoms with Crippen molar-refractivity contribution in [2.45, 2.75) is 57.3 Å². The molecule has 1 heterocycles. The van der Waals surface area contributed by atoms with Gasteiger partial charge >= 0.3 is 0 Å². The molecule has 136 valence electrons. The van der Waals surface area contributed by atoms with Crippen molar-refractivity contribution in [2.75, 3.05) is 12.3 Å². The van der Waals surface area contributed by atoms with E-state index in [-0.39, 0.29) is 11.3 Å². The van der Waals surface area contributed by atoms with Gasteiger partial charge in [0, 0.05) is 22.5 Å². The minimum Gasteiger partial charge on any atom is -0.355 e. The second-order valence-electron chi connectivity index (χ2n) is 7.25. The van der Waals surface area contributed by atoms with Gasteiger partial charge in [-0.3, -0.25) is 4.79 Å². The third-order valence-electron chi connectivity index (χ3n) is 3.90. The Kier molecular flexibility index (Phi) is 7.51. The van der Waals surface area contributed by atoms with Crippen molar-refractivity contribution in [2.24, 2.45) is 0 Å². The number of thiazole rings is 1. The summed E-state index contributed by atoms with van der Waals surface area (Å²) in [5.74, 6) is 0.579. The molecule has 0 spiro atoms. The number of aryl methyl sites for hydroxylation is 2. The third kappa shape index (κ3) is 7.20. The van der Waals surface area contributed by atoms with Crippen LogP contribution in [0.4, 0.5) is 0 Å². The standard InChI is InChI=1S/C20H28N2OS2/c1-15-13-25-19(22-15)7-5-6-12-21-18(23)14-24-17-10-8-16(9-11-17)20(2,3)4/h8-11,13H,5-7,12,14H2,1-4H3,(H,21,23). The number of hydrogen-bond donors (Lipinski definition) is 1. The molecule has 0 aliphatic heterocycles. The fraction of sp³-hybridized carbons (Fsp3) is 0.500. The number of carbonyl (C=O) groups is 1. The van der Waals surface area contributed by atoms with E-state index in [1.165, 1.54) is 10.6 Å². The maximum atomic E-state index is 11.9. The van der Waals surface area contributed by atoms with Gasteiger partial charge < -0.3 is 5.32 Å². The monoisotopic (exact) mass is 376 g/mol. The first-order chi connectivity index (χ1) is 11.8. The lowest BCUT2D eigenvalue weighted by atomic mass is 9.87. The number of hydrogen-bond acceptors (Lipinski definition) is 4. The molecule has 2 rings (SSSR count). The number of thioether (sulfide) groups is 1. The molecule has 2 aromatic rings. The molecule has 3 nitrogen and oxygen atoms in total. The number of benzene rings is 1. The van der Waals surface area contributed by atoms with E-state index >= 15 is 0 Å². The summed E-state index contributed by atoms with van der Waals surface area (Å²) in [7, 11) is 0. The molecule has 1 aromatic carbocycles. The second-order valence-corrected chi connectivity index (χ2v) is 9.24. The minimum atomic E-state index is 0.106. The molecule has 1 N–H and O–H groups in total. The van der Waals surface area contributed by atoms with Gasteiger partial charge in [0.05, 0.1) is 10.8 Å². The normalized spacial score (nSPS) is 11.5. The summed E-state index contributed by atoms with van der Waals surface area (Å²) < 4.78 is 0. The molecule has 0 saturated heterocycles. The van der Waals surface area contributed by atoms with Gasteiger partial charge in [0.2, 0.25) is 5.91 Å². The van der Waals surface area contributed by atoms with Crippen molar-refractivity contribution in [3.8, 4) is 0 Å². The summed E-state index contributed by atoms with van der Waals surface area (Å²) in [5, 5.41) is 6.28. The van der Waals surface area contributed by atoms with E-state index in [0.717, 1.165) is 36.4 Å². The van der Waals surface area contributed by atoms with Crippen LogP contribution in [0.25, 0.3) is 0 Å². The van der Waals surface area contributed by atoms with Gasteiger partial charge in [0.15, 0.2) is 0 Å². The van der Waals surface area contributed by atoms with E-state index in [4.69, 9.17) is 0 Å². The van der Waals surface area contributed by atoms with E-state index in [2.05, 4.69) is 60.7 Å². The molecular formula is C20H28N2OS2. The Bertz CT molecular complexity index is 672. The number of amides is 1. The zero-order valence-electron chi connectivity index (χ0n) is 15.6. The molecule has 5 heteroatoms. The van der Waals surface area contributed by atoms with Crippen molar-refractivity contribution < 1.29 is 4.79 Å². The number of nitrogens with zero attached hydrogens (tertiary/aromatic N) is 1. The van der Waals surface area contributed by atoms with Crippen molar-refractivity contribution in [3.05, 3.63) is 45.9 Å². The zero-order chi connectivity index (χ0) is 18.3. The fourth-order valence-corrected chi connectivity index (χ4v) is 3.94. The van der Waals surface area contributed by atoms with Crippen molar-refractivity contribution in [1.82, 2.24) is 10.3 Å². The van der Waals surface area contributed by atoms with Gasteiger partial charge in [-0.25, -0.2) is 4.98 Å². The van der Waals surface area contributed by atoms with E-state index in [1.807, 2.05) is 6.92 Å². The van der Waals surface area contributed by atoms with E-state index in [0.29, 0.717) is 5.75 Å². The van der Waals surface area contributed by atoms with Crippen molar-refractivity contribution >= 4 is 29.0 Å². The number of nitrogens with one attached hydrogen (secondary N) is 1. The Labute approximate surface area is 159 Å². The summed E-state index contributed by atoms with van der Waals surface area (Å²) in [6.45, 7) is 9.39. The Morgan fingerprint density at radius 1 is 1.20 bits per heavy atom. The minimum absolute atomic E-state index is 0.106. The smallest absolute Gasteiger partial charge is 0.230 e. The van der Waals surface area contributed by atoms with Crippen LogP contribution in [0.15, 0.2) is 34.5 Å². The maximum Gasteiger partial charge on any atom is 0.230 e. The summed E-state index contributed by atoms with van der Waals surface area (Å²) in [4.78, 5) is 17.5. The number of carbonyl (C=O) groups excluding carboxylic acids is 1. The predicted molar refractivity (Wildman–Crippen MR) is 109 cm³/mol. The highest BCUT2D eigenvalue weighted by atomic mass is 32.2. The summed E-state index contributed by atoms with van der Waals surface area (Å²) in [6, 6.07) is 8.52. The third-order valence-corrected chi connectivity index (χ3v) is 5.93. The first-order valence-corrected chi connectivity index (χ1v) is 10.6. The van der Waals surface area contributed by atoms with E-state index in [1.54, 1.807) is 23.1 Å². The predicted octanol–water partition coefficient (Wildman–Crippen LogP) is 4.98. The van der Waals surface area contributed by atoms with Crippen LogP contribution in [0, 0.1) is 6.92 Å². The number of rotatable bonds is 8. The van der Waals surface area contributed by atoms with Crippen LogP contribution in [0.2, 0.25) is 0 Å². The molecule has 0 aliphatic rings. The number of aromatic nitrogens is 1. The quantitative estimate of drug-likeness (QED) is 0.522. The first kappa shape index (κ1) is 20.0. The Hall–Kier alpha value is -1.33. The highest BCUT2D eigenvalue weighted by Gasteiger charge is 2.13. The Morgan fingerprint density at radius 3 is 2.52 bits per heavy atom. The van der Waals surface area contributed by atoms with E-state index in [9.17, 15) is 4.79 Å². The lowest BCUT2D eigenvalue weighted by Gasteiger charge is -2.19. The Morgan fingerprint density at radius 2 is 1.92 bits per heavy atom. The van der Waals surface area contributed by atoms with E-state index < -0.39 is 0 Å². The highest BCUT2D eigenvalue weighted by Crippen LogP contribution is 2.25. The Balaban J connectivity index is 1.60. The molecule has 0 bridgehead atoms. The first-order valence-electron chi connectivity index (χ1n) is 8.75. The maximum absolute atomic E-state index is 11.9. The van der Waals surface area contributed by atoms with Crippen molar-refractivity contribution in [3.63, 3.8) is 0 Å². The molecule has 0 atom stereocenters. The van der Waals surface area contributed by atoms with Crippen LogP contribution in [-0.4, -0.2) is 23.2 Å². The van der Waals surface area contributed by atoms with Gasteiger partial charge in [-0.1, -0.05) is 32.9 Å². The second kappa shape index (κ2) is 9.39. The average Bonchev–Trinajstić information content (AvgIpc) is 2.97. The molecule has 0 fully saturated rings. The van der Waals surface area contributed by atoms with Crippen LogP contribution >= 0.6 is 23.1 Å². The highest BCUT2D eigenvalue weighted by molar-refractivity contribution is 8.00. The molecule has 0 saturated carbocycles. The van der Waals surface area contributed by atoms with Crippen LogP contribution in [0.1, 0.15) is 49.9 Å². The largest absolute Gasteiger partial charge is 0.355 e. The summed E-state index contributed by atoms with van der Waals surface area (Å²) >= 11 is 3.31. The molecule has 0 radical (unpaired) electrons. The van der Waals surface area contributed by atoms with Gasteiger partial charge in [-0.2, -0.15) is 0 Å². The molecule has 1 amide bonds. The van der Waals surface area contributed by atoms with Crippen molar-refractivity contribution in [1.29, 1.82) is 0 Å². The number of unbranched alkanes of at least 4 members (excludes halogenated alkanes) is 1. The molecular weight excluding hydrogens is 348 g/mol. The summed E-state index contributed by atoms with van der Waals surface area (Å²) in [6.07, 6.45) is 3.06. The topological polar surface area (TPSA) is 42.0 Å². The molecule has 25 heavy (non-hydrogen) atoms. The molecule has 1 aromatic heterocycles. The van der Waals surface area contributed by atoms with Crippen LogP contribution < -0.4 is 5.32 Å². The molecule has 0 unspecified atom stereocenters. The van der Waals surface area contributed by atoms with Gasteiger partial charge in [-0.05, 0) is 49.3 Å². The fourth-order valence-electron chi connectivity index (χ4n) is 2.40. The lowest BCUT2D eigenvalue weighted by molar-refractivity contribution is -0.118. The SMILES string of the molecule is Cc1csc(CCCCNC(=O)CSc2ccc(C(C)(C)C)cc2)n1. The lowest BCUT2D eigenvalue weighted by Crippen LogP contribution is -2.26. The molecule has 0 aliphatic carbocycles. The van der Waals surface area contributed by atoms with Crippen LogP contribution in [-0.2, 0) is 16.6 Å². The van der Waals surface area contributed by atoms with Gasteiger partial charge in [-0.15, -0.1) is 23.1 Å². The van der Waals surface area contributed by atoms with Gasteiger partial charge in [0.25, 0.3) is 0 Å². The zero-order valence-corrected chi connectivity index (χ0v) is 17.2. The summed E-state index contributed by atoms with van der Waals surface area (Å²) in [5.41, 5.74) is 2.58. The van der Waals surface area contributed by atoms with Crippen LogP contribution in [0.3, 0.4) is 0 Å². The van der Waals surface area contributed by atoms with Crippen LogP contribution in [0.5, 0.6) is 0 Å². The van der Waals surface area contributed by atoms with Gasteiger partial charge in [0.1, 0.15) is 0 Å².